The molecule has 0 bridgehead atoms. The number of carbonyl (C=O) groups excluding carboxylic acids is 3. The van der Waals surface area contributed by atoms with Gasteiger partial charge in [-0.1, -0.05) is 54.6 Å². The molecule has 8 heteroatoms. The first kappa shape index (κ1) is 21.8. The van der Waals surface area contributed by atoms with Gasteiger partial charge in [-0.05, 0) is 30.5 Å². The second kappa shape index (κ2) is 9.05. The third kappa shape index (κ3) is 4.14. The van der Waals surface area contributed by atoms with Gasteiger partial charge in [0.25, 0.3) is 5.56 Å². The molecule has 2 atom stereocenters. The molecule has 1 saturated heterocycles. The fraction of sp³-hybridized carbons (Fsp3) is 0.269. The summed E-state index contributed by atoms with van der Waals surface area (Å²) in [5, 5.41) is 0.469. The van der Waals surface area contributed by atoms with Crippen molar-refractivity contribution in [1.29, 1.82) is 0 Å². The van der Waals surface area contributed by atoms with Crippen molar-refractivity contribution in [2.75, 3.05) is 6.54 Å². The number of imide groups is 1. The highest BCUT2D eigenvalue weighted by Crippen LogP contribution is 2.35. The van der Waals surface area contributed by atoms with Crippen LogP contribution in [0.5, 0.6) is 0 Å². The molecular weight excluding hydrogens is 432 g/mol. The summed E-state index contributed by atoms with van der Waals surface area (Å²) in [5.41, 5.74) is 1.14. The molecule has 172 valence electrons. The van der Waals surface area contributed by atoms with E-state index in [1.807, 2.05) is 42.5 Å². The summed E-state index contributed by atoms with van der Waals surface area (Å²) in [6.45, 7) is -0.0331. The van der Waals surface area contributed by atoms with Crippen LogP contribution in [0.4, 0.5) is 0 Å². The van der Waals surface area contributed by atoms with Crippen LogP contribution in [0.1, 0.15) is 24.2 Å². The predicted molar refractivity (Wildman–Crippen MR) is 125 cm³/mol. The number of hydrogen-bond acceptors (Lipinski definition) is 5. The molecule has 1 aromatic heterocycles. The van der Waals surface area contributed by atoms with Gasteiger partial charge in [-0.2, -0.15) is 0 Å². The van der Waals surface area contributed by atoms with Crippen molar-refractivity contribution in [2.24, 2.45) is 11.8 Å². The maximum atomic E-state index is 13.4. The second-order valence-corrected chi connectivity index (χ2v) is 8.68. The zero-order valence-corrected chi connectivity index (χ0v) is 18.5. The van der Waals surface area contributed by atoms with E-state index in [0.717, 1.165) is 10.5 Å². The van der Waals surface area contributed by atoms with Crippen LogP contribution in [0.25, 0.3) is 10.9 Å². The van der Waals surface area contributed by atoms with E-state index < -0.39 is 0 Å². The SMILES string of the molecule is O=C(CN1C(=O)[C@H]2CC=CC[C@H]2C1=O)N(Cc1ccccc1)Cc1nc2ccccc2c(=O)[nH]1. The first-order valence-electron chi connectivity index (χ1n) is 11.3. The van der Waals surface area contributed by atoms with Crippen molar-refractivity contribution in [3.05, 3.63) is 88.5 Å². The molecule has 1 fully saturated rings. The number of aromatic amines is 1. The average Bonchev–Trinajstić information content (AvgIpc) is 3.09. The number of para-hydroxylation sites is 1. The third-order valence-corrected chi connectivity index (χ3v) is 6.46. The van der Waals surface area contributed by atoms with Crippen LogP contribution in [0.2, 0.25) is 0 Å². The normalized spacial score (nSPS) is 19.5. The number of amides is 3. The highest BCUT2D eigenvalue weighted by molar-refractivity contribution is 6.07. The molecule has 8 nitrogen and oxygen atoms in total. The highest BCUT2D eigenvalue weighted by atomic mass is 16.2. The number of rotatable bonds is 6. The molecule has 0 saturated carbocycles. The number of nitrogens with one attached hydrogen (secondary N) is 1. The van der Waals surface area contributed by atoms with E-state index in [-0.39, 0.29) is 54.8 Å². The van der Waals surface area contributed by atoms with Gasteiger partial charge in [0.15, 0.2) is 0 Å². The molecule has 3 amide bonds. The first-order chi connectivity index (χ1) is 16.5. The molecule has 5 rings (SSSR count). The Morgan fingerprint density at radius 3 is 2.26 bits per heavy atom. The predicted octanol–water partition coefficient (Wildman–Crippen LogP) is 2.40. The maximum Gasteiger partial charge on any atom is 0.258 e. The number of benzene rings is 2. The zero-order chi connectivity index (χ0) is 23.7. The first-order valence-corrected chi connectivity index (χ1v) is 11.3. The van der Waals surface area contributed by atoms with Crippen LogP contribution in [0, 0.1) is 11.8 Å². The number of fused-ring (bicyclic) bond motifs is 2. The van der Waals surface area contributed by atoms with Gasteiger partial charge >= 0.3 is 0 Å². The Bertz CT molecular complexity index is 1320. The average molecular weight is 457 g/mol. The van der Waals surface area contributed by atoms with Gasteiger partial charge in [0, 0.05) is 6.54 Å². The number of allylic oxidation sites excluding steroid dienone is 2. The van der Waals surface area contributed by atoms with Gasteiger partial charge in [0.2, 0.25) is 17.7 Å². The summed E-state index contributed by atoms with van der Waals surface area (Å²) < 4.78 is 0. The van der Waals surface area contributed by atoms with Crippen molar-refractivity contribution in [1.82, 2.24) is 19.8 Å². The summed E-state index contributed by atoms with van der Waals surface area (Å²) in [4.78, 5) is 61.5. The Labute approximate surface area is 195 Å². The van der Waals surface area contributed by atoms with E-state index in [1.165, 1.54) is 4.90 Å². The third-order valence-electron chi connectivity index (χ3n) is 6.46. The number of nitrogens with zero attached hydrogens (tertiary/aromatic N) is 3. The molecule has 34 heavy (non-hydrogen) atoms. The standard InChI is InChI=1S/C26H24N4O4/c31-23(16-30-25(33)18-10-4-5-11-19(18)26(30)34)29(14-17-8-2-1-3-9-17)15-22-27-21-13-7-6-12-20(21)24(32)28-22/h1-9,12-13,18-19H,10-11,14-16H2,(H,27,28,32)/t18-,19+. The lowest BCUT2D eigenvalue weighted by Gasteiger charge is -2.25. The number of hydrogen-bond donors (Lipinski definition) is 1. The van der Waals surface area contributed by atoms with E-state index in [2.05, 4.69) is 9.97 Å². The van der Waals surface area contributed by atoms with Gasteiger partial charge in [0.05, 0.1) is 29.3 Å². The topological polar surface area (TPSA) is 103 Å². The number of aromatic nitrogens is 2. The van der Waals surface area contributed by atoms with E-state index in [0.29, 0.717) is 29.6 Å². The smallest absolute Gasteiger partial charge is 0.258 e. The van der Waals surface area contributed by atoms with Crippen molar-refractivity contribution in [2.45, 2.75) is 25.9 Å². The van der Waals surface area contributed by atoms with Gasteiger partial charge < -0.3 is 9.88 Å². The molecule has 0 unspecified atom stereocenters. The van der Waals surface area contributed by atoms with Crippen LogP contribution in [0.3, 0.4) is 0 Å². The minimum Gasteiger partial charge on any atom is -0.329 e. The van der Waals surface area contributed by atoms with Crippen molar-refractivity contribution >= 4 is 28.6 Å². The van der Waals surface area contributed by atoms with Gasteiger partial charge in [-0.25, -0.2) is 4.98 Å². The lowest BCUT2D eigenvalue weighted by atomic mass is 9.85. The summed E-state index contributed by atoms with van der Waals surface area (Å²) in [7, 11) is 0. The Balaban J connectivity index is 1.41. The van der Waals surface area contributed by atoms with E-state index >= 15 is 0 Å². The Kier molecular flexibility index (Phi) is 5.79. The lowest BCUT2D eigenvalue weighted by molar-refractivity contribution is -0.147. The highest BCUT2D eigenvalue weighted by Gasteiger charge is 2.47. The van der Waals surface area contributed by atoms with Crippen LogP contribution in [-0.2, 0) is 27.5 Å². The molecule has 1 aliphatic carbocycles. The number of likely N-dealkylation sites (tertiary alicyclic amines) is 1. The van der Waals surface area contributed by atoms with Crippen LogP contribution < -0.4 is 5.56 Å². The fourth-order valence-corrected chi connectivity index (χ4v) is 4.69. The minimum atomic E-state index is -0.383. The summed E-state index contributed by atoms with van der Waals surface area (Å²) in [5.74, 6) is -1.38. The molecule has 3 aromatic rings. The summed E-state index contributed by atoms with van der Waals surface area (Å²) >= 11 is 0. The molecule has 0 radical (unpaired) electrons. The molecule has 0 spiro atoms. The van der Waals surface area contributed by atoms with Crippen LogP contribution in [0.15, 0.2) is 71.5 Å². The summed E-state index contributed by atoms with van der Waals surface area (Å²) in [6.07, 6.45) is 4.88. The van der Waals surface area contributed by atoms with Gasteiger partial charge in [-0.3, -0.25) is 24.1 Å². The molecular formula is C26H24N4O4. The Morgan fingerprint density at radius 2 is 1.56 bits per heavy atom. The van der Waals surface area contributed by atoms with Gasteiger partial charge in [-0.15, -0.1) is 0 Å². The van der Waals surface area contributed by atoms with Crippen molar-refractivity contribution < 1.29 is 14.4 Å². The van der Waals surface area contributed by atoms with Crippen molar-refractivity contribution in [3.8, 4) is 0 Å². The largest absolute Gasteiger partial charge is 0.329 e. The van der Waals surface area contributed by atoms with Crippen molar-refractivity contribution in [3.63, 3.8) is 0 Å². The quantitative estimate of drug-likeness (QED) is 0.453. The number of H-pyrrole nitrogens is 1. The monoisotopic (exact) mass is 456 g/mol. The van der Waals surface area contributed by atoms with Crippen LogP contribution >= 0.6 is 0 Å². The van der Waals surface area contributed by atoms with E-state index in [1.54, 1.807) is 24.3 Å². The fourth-order valence-electron chi connectivity index (χ4n) is 4.69. The van der Waals surface area contributed by atoms with E-state index in [4.69, 9.17) is 0 Å². The van der Waals surface area contributed by atoms with E-state index in [9.17, 15) is 19.2 Å². The zero-order valence-electron chi connectivity index (χ0n) is 18.5. The lowest BCUT2D eigenvalue weighted by Crippen LogP contribution is -2.43. The Morgan fingerprint density at radius 1 is 0.912 bits per heavy atom. The Hall–Kier alpha value is -4.07. The van der Waals surface area contributed by atoms with Crippen LogP contribution in [-0.4, -0.2) is 44.0 Å². The molecule has 1 aliphatic heterocycles. The molecule has 2 aromatic carbocycles. The number of carbonyl (C=O) groups is 3. The summed E-state index contributed by atoms with van der Waals surface area (Å²) in [6, 6.07) is 16.4. The van der Waals surface area contributed by atoms with Gasteiger partial charge in [0.1, 0.15) is 12.4 Å². The maximum absolute atomic E-state index is 13.4. The molecule has 1 N–H and O–H groups in total. The minimum absolute atomic E-state index is 0.0401. The second-order valence-electron chi connectivity index (χ2n) is 8.68. The molecule has 2 aliphatic rings. The molecule has 2 heterocycles.